The zero-order chi connectivity index (χ0) is 18.5. The summed E-state index contributed by atoms with van der Waals surface area (Å²) in [5, 5.41) is 10.1. The molecule has 0 aliphatic carbocycles. The number of ether oxygens (including phenoxy) is 2. The lowest BCUT2D eigenvalue weighted by Gasteiger charge is -2.30. The number of carbonyl (C=O) groups excluding carboxylic acids is 2. The molecule has 1 aliphatic heterocycles. The maximum absolute atomic E-state index is 12.9. The van der Waals surface area contributed by atoms with Gasteiger partial charge in [-0.15, -0.1) is 0 Å². The van der Waals surface area contributed by atoms with Crippen molar-refractivity contribution in [1.82, 2.24) is 4.90 Å². The maximum atomic E-state index is 12.9. The Morgan fingerprint density at radius 2 is 1.77 bits per heavy atom. The average molecular weight is 355 g/mol. The lowest BCUT2D eigenvalue weighted by atomic mass is 10.1. The molecule has 1 unspecified atom stereocenters. The van der Waals surface area contributed by atoms with Gasteiger partial charge in [0.1, 0.15) is 11.3 Å². The maximum Gasteiger partial charge on any atom is 0.343 e. The number of para-hydroxylation sites is 1. The van der Waals surface area contributed by atoms with Crippen LogP contribution in [0.3, 0.4) is 0 Å². The van der Waals surface area contributed by atoms with E-state index in [1.165, 1.54) is 6.07 Å². The summed E-state index contributed by atoms with van der Waals surface area (Å²) in [7, 11) is 0. The topological polar surface area (TPSA) is 76.1 Å². The van der Waals surface area contributed by atoms with Gasteiger partial charge in [0, 0.05) is 18.7 Å². The van der Waals surface area contributed by atoms with Crippen molar-refractivity contribution in [1.29, 1.82) is 0 Å². The summed E-state index contributed by atoms with van der Waals surface area (Å²) in [5.41, 5.74) is 1.19. The number of phenols is 1. The summed E-state index contributed by atoms with van der Waals surface area (Å²) in [4.78, 5) is 27.2. The highest BCUT2D eigenvalue weighted by atomic mass is 16.5. The van der Waals surface area contributed by atoms with Crippen molar-refractivity contribution in [3.05, 3.63) is 65.2 Å². The summed E-state index contributed by atoms with van der Waals surface area (Å²) < 4.78 is 10.8. The van der Waals surface area contributed by atoms with Crippen molar-refractivity contribution < 1.29 is 24.2 Å². The van der Waals surface area contributed by atoms with E-state index < -0.39 is 12.1 Å². The Hall–Kier alpha value is -2.86. The first-order chi connectivity index (χ1) is 12.6. The molecule has 2 aromatic carbocycles. The van der Waals surface area contributed by atoms with Gasteiger partial charge in [-0.2, -0.15) is 0 Å². The van der Waals surface area contributed by atoms with Crippen LogP contribution in [0.1, 0.15) is 27.6 Å². The molecule has 3 rings (SSSR count). The molecule has 6 heteroatoms. The molecule has 0 aromatic heterocycles. The summed E-state index contributed by atoms with van der Waals surface area (Å²) in [6, 6.07) is 13.7. The fourth-order valence-electron chi connectivity index (χ4n) is 2.83. The minimum atomic E-state index is -1.07. The van der Waals surface area contributed by atoms with E-state index in [0.717, 1.165) is 0 Å². The number of aromatic hydroxyl groups is 1. The highest BCUT2D eigenvalue weighted by Crippen LogP contribution is 2.27. The van der Waals surface area contributed by atoms with Gasteiger partial charge in [0.2, 0.25) is 6.10 Å². The molecular formula is C20H21NO5. The van der Waals surface area contributed by atoms with Crippen LogP contribution in [-0.4, -0.2) is 48.2 Å². The second-order valence-corrected chi connectivity index (χ2v) is 6.10. The average Bonchev–Trinajstić information content (AvgIpc) is 2.69. The molecule has 1 N–H and O–H groups in total. The quantitative estimate of drug-likeness (QED) is 0.853. The monoisotopic (exact) mass is 355 g/mol. The van der Waals surface area contributed by atoms with E-state index in [9.17, 15) is 14.7 Å². The summed E-state index contributed by atoms with van der Waals surface area (Å²) in [6.45, 7) is 3.52. The van der Waals surface area contributed by atoms with Crippen molar-refractivity contribution in [3.8, 4) is 5.75 Å². The molecule has 1 saturated heterocycles. The van der Waals surface area contributed by atoms with Crippen molar-refractivity contribution in [2.24, 2.45) is 0 Å². The first kappa shape index (κ1) is 17.9. The number of hydrogen-bond acceptors (Lipinski definition) is 5. The Labute approximate surface area is 152 Å². The minimum Gasteiger partial charge on any atom is -0.507 e. The normalized spacial score (nSPS) is 15.3. The molecule has 1 amide bonds. The van der Waals surface area contributed by atoms with Gasteiger partial charge in [0.25, 0.3) is 5.91 Å². The molecule has 2 aromatic rings. The zero-order valence-electron chi connectivity index (χ0n) is 14.6. The SMILES string of the molecule is Cc1cccc(C(=O)OC(C(=O)N2CCOCC2)c2ccccc2)c1O. The fraction of sp³-hybridized carbons (Fsp3) is 0.300. The highest BCUT2D eigenvalue weighted by Gasteiger charge is 2.31. The second kappa shape index (κ2) is 8.01. The van der Waals surface area contributed by atoms with Gasteiger partial charge in [-0.3, -0.25) is 4.79 Å². The third-order valence-corrected chi connectivity index (χ3v) is 4.33. The van der Waals surface area contributed by atoms with Crippen molar-refractivity contribution in [2.45, 2.75) is 13.0 Å². The third-order valence-electron chi connectivity index (χ3n) is 4.33. The Morgan fingerprint density at radius 1 is 1.08 bits per heavy atom. The number of esters is 1. The smallest absolute Gasteiger partial charge is 0.343 e. The van der Waals surface area contributed by atoms with E-state index in [4.69, 9.17) is 9.47 Å². The summed E-state index contributed by atoms with van der Waals surface area (Å²) in [5.74, 6) is -1.16. The van der Waals surface area contributed by atoms with Gasteiger partial charge in [-0.05, 0) is 18.6 Å². The highest BCUT2D eigenvalue weighted by molar-refractivity contribution is 5.95. The van der Waals surface area contributed by atoms with Crippen LogP contribution < -0.4 is 0 Å². The number of carbonyl (C=O) groups is 2. The van der Waals surface area contributed by atoms with Gasteiger partial charge in [0.05, 0.1) is 13.2 Å². The Morgan fingerprint density at radius 3 is 2.46 bits per heavy atom. The molecular weight excluding hydrogens is 334 g/mol. The summed E-state index contributed by atoms with van der Waals surface area (Å²) >= 11 is 0. The number of benzene rings is 2. The van der Waals surface area contributed by atoms with Gasteiger partial charge in [0.15, 0.2) is 0 Å². The lowest BCUT2D eigenvalue weighted by molar-refractivity contribution is -0.145. The third kappa shape index (κ3) is 3.86. The minimum absolute atomic E-state index is 0.0423. The number of phenolic OH excluding ortho intramolecular Hbond substituents is 1. The van der Waals surface area contributed by atoms with Crippen molar-refractivity contribution in [3.63, 3.8) is 0 Å². The van der Waals surface area contributed by atoms with Crippen LogP contribution in [0.5, 0.6) is 5.75 Å². The van der Waals surface area contributed by atoms with Crippen LogP contribution in [0, 0.1) is 6.92 Å². The number of morpholine rings is 1. The first-order valence-corrected chi connectivity index (χ1v) is 8.49. The Bertz CT molecular complexity index is 784. The van der Waals surface area contributed by atoms with Gasteiger partial charge in [-0.25, -0.2) is 4.79 Å². The molecule has 26 heavy (non-hydrogen) atoms. The van der Waals surface area contributed by atoms with Crippen LogP contribution in [0.15, 0.2) is 48.5 Å². The molecule has 1 heterocycles. The van der Waals surface area contributed by atoms with Crippen LogP contribution in [-0.2, 0) is 14.3 Å². The number of aryl methyl sites for hydroxylation is 1. The van der Waals surface area contributed by atoms with E-state index in [-0.39, 0.29) is 17.2 Å². The number of nitrogens with zero attached hydrogens (tertiary/aromatic N) is 1. The number of rotatable bonds is 4. The standard InChI is InChI=1S/C20H21NO5/c1-14-6-5-9-16(17(14)22)20(24)26-18(15-7-3-2-4-8-15)19(23)21-10-12-25-13-11-21/h2-9,18,22H,10-13H2,1H3. The molecule has 1 atom stereocenters. The van der Waals surface area contributed by atoms with Gasteiger partial charge < -0.3 is 19.5 Å². The molecule has 6 nitrogen and oxygen atoms in total. The predicted molar refractivity (Wildman–Crippen MR) is 94.8 cm³/mol. The molecule has 136 valence electrons. The number of hydrogen-bond donors (Lipinski definition) is 1. The zero-order valence-corrected chi connectivity index (χ0v) is 14.6. The van der Waals surface area contributed by atoms with Gasteiger partial charge >= 0.3 is 5.97 Å². The Kier molecular flexibility index (Phi) is 5.53. The van der Waals surface area contributed by atoms with E-state index in [1.54, 1.807) is 48.2 Å². The van der Waals surface area contributed by atoms with Crippen molar-refractivity contribution in [2.75, 3.05) is 26.3 Å². The fourth-order valence-corrected chi connectivity index (χ4v) is 2.83. The number of amides is 1. The van der Waals surface area contributed by atoms with Crippen molar-refractivity contribution >= 4 is 11.9 Å². The summed E-state index contributed by atoms with van der Waals surface area (Å²) in [6.07, 6.45) is -1.07. The molecule has 1 aliphatic rings. The lowest BCUT2D eigenvalue weighted by Crippen LogP contribution is -2.44. The molecule has 1 fully saturated rings. The second-order valence-electron chi connectivity index (χ2n) is 6.10. The Balaban J connectivity index is 1.87. The van der Waals surface area contributed by atoms with E-state index in [0.29, 0.717) is 37.4 Å². The molecule has 0 spiro atoms. The first-order valence-electron chi connectivity index (χ1n) is 8.49. The van der Waals surface area contributed by atoms with E-state index >= 15 is 0 Å². The predicted octanol–water partition coefficient (Wildman–Crippen LogP) is 2.46. The van der Waals surface area contributed by atoms with Crippen LogP contribution in [0.25, 0.3) is 0 Å². The molecule has 0 bridgehead atoms. The van der Waals surface area contributed by atoms with E-state index in [1.807, 2.05) is 6.07 Å². The van der Waals surface area contributed by atoms with E-state index in [2.05, 4.69) is 0 Å². The van der Waals surface area contributed by atoms with Crippen LogP contribution in [0.2, 0.25) is 0 Å². The van der Waals surface area contributed by atoms with Crippen LogP contribution in [0.4, 0.5) is 0 Å². The largest absolute Gasteiger partial charge is 0.507 e. The molecule has 0 saturated carbocycles. The van der Waals surface area contributed by atoms with Crippen LogP contribution >= 0.6 is 0 Å². The van der Waals surface area contributed by atoms with Gasteiger partial charge in [-0.1, -0.05) is 42.5 Å². The molecule has 0 radical (unpaired) electrons.